The third-order valence-corrected chi connectivity index (χ3v) is 9.77. The van der Waals surface area contributed by atoms with Crippen LogP contribution in [0.5, 0.6) is 0 Å². The number of aryl methyl sites for hydroxylation is 1. The van der Waals surface area contributed by atoms with E-state index in [1.165, 1.54) is 19.1 Å². The van der Waals surface area contributed by atoms with Gasteiger partial charge in [-0.25, -0.2) is 29.9 Å². The number of hydrogen-bond donors (Lipinski definition) is 3. The molecule has 0 spiro atoms. The fourth-order valence-electron chi connectivity index (χ4n) is 4.14. The molecule has 0 fully saturated rings. The molecule has 28 heteroatoms. The zero-order valence-electron chi connectivity index (χ0n) is 27.3. The van der Waals surface area contributed by atoms with Crippen molar-refractivity contribution >= 4 is 99.8 Å². The summed E-state index contributed by atoms with van der Waals surface area (Å²) in [7, 11) is -14.9. The molecule has 53 heavy (non-hydrogen) atoms. The number of H-pyrrole nitrogens is 1. The zero-order chi connectivity index (χ0) is 36.8. The van der Waals surface area contributed by atoms with E-state index in [0.717, 1.165) is 47.1 Å². The third-order valence-electron chi connectivity index (χ3n) is 6.28. The summed E-state index contributed by atoms with van der Waals surface area (Å²) in [4.78, 5) is 22.9. The average Bonchev–Trinajstić information content (AvgIpc) is 3.27. The van der Waals surface area contributed by atoms with E-state index >= 15 is 0 Å². The van der Waals surface area contributed by atoms with Crippen molar-refractivity contribution in [3.8, 4) is 5.69 Å². The normalized spacial score (nSPS) is 11.7. The Hall–Kier alpha value is -1.52. The second-order valence-electron chi connectivity index (χ2n) is 9.73. The Morgan fingerprint density at radius 2 is 1.30 bits per heavy atom. The summed E-state index contributed by atoms with van der Waals surface area (Å²) in [6.07, 6.45) is 0. The summed E-state index contributed by atoms with van der Waals surface area (Å²) in [6, 6.07) is 9.66. The molecule has 0 unspecified atom stereocenters. The number of halogens is 3. The molecule has 0 aliphatic rings. The molecular weight excluding hydrogens is 858 g/mol. The molecule has 0 radical (unpaired) electrons. The Labute approximate surface area is 381 Å². The van der Waals surface area contributed by atoms with Gasteiger partial charge in [-0.05, 0) is 67.1 Å². The summed E-state index contributed by atoms with van der Waals surface area (Å²) < 4.78 is 105. The molecule has 3 N–H and O–H groups in total. The van der Waals surface area contributed by atoms with Gasteiger partial charge in [0.25, 0.3) is 5.56 Å². The zero-order valence-corrected chi connectivity index (χ0v) is 38.0. The monoisotopic (exact) mass is 871 g/mol. The second-order valence-corrected chi connectivity index (χ2v) is 15.0. The van der Waals surface area contributed by atoms with Crippen molar-refractivity contribution in [1.29, 1.82) is 0 Å². The van der Waals surface area contributed by atoms with Crippen molar-refractivity contribution in [3.05, 3.63) is 86.0 Å². The first-order chi connectivity index (χ1) is 23.2. The Bertz CT molecular complexity index is 2630. The molecule has 5 rings (SSSR count). The third kappa shape index (κ3) is 11.8. The van der Waals surface area contributed by atoms with Crippen LogP contribution >= 0.6 is 34.8 Å². The van der Waals surface area contributed by atoms with Crippen LogP contribution in [0.2, 0.25) is 15.3 Å². The van der Waals surface area contributed by atoms with Crippen LogP contribution in [0.1, 0.15) is 5.69 Å². The van der Waals surface area contributed by atoms with Crippen molar-refractivity contribution < 1.29 is 128 Å². The van der Waals surface area contributed by atoms with Gasteiger partial charge in [0, 0.05) is 11.4 Å². The predicted molar refractivity (Wildman–Crippen MR) is 173 cm³/mol. The van der Waals surface area contributed by atoms with Gasteiger partial charge in [0.15, 0.2) is 5.69 Å². The van der Waals surface area contributed by atoms with E-state index in [9.17, 15) is 43.7 Å². The molecule has 262 valence electrons. The number of hydrogen-bond acceptors (Lipinski definition) is 17. The number of azo groups is 1. The van der Waals surface area contributed by atoms with E-state index in [2.05, 4.69) is 40.9 Å². The molecule has 0 aliphatic heterocycles. The summed E-state index contributed by atoms with van der Waals surface area (Å²) in [5.41, 5.74) is -1.79. The second kappa shape index (κ2) is 18.6. The smallest absolute Gasteiger partial charge is 0.744 e. The summed E-state index contributed by atoms with van der Waals surface area (Å²) in [5.74, 6) is -0.423. The minimum atomic E-state index is -5.14. The number of anilines is 4. The molecular formula is C25H15Cl3N9Na3O10S3. The van der Waals surface area contributed by atoms with Crippen LogP contribution in [-0.2, 0) is 30.4 Å². The molecule has 19 nitrogen and oxygen atoms in total. The number of benzene rings is 3. The van der Waals surface area contributed by atoms with Crippen molar-refractivity contribution in [2.45, 2.75) is 21.6 Å². The number of aromatic nitrogens is 5. The van der Waals surface area contributed by atoms with Crippen LogP contribution in [0.15, 0.2) is 84.3 Å². The Kier molecular flexibility index (Phi) is 16.7. The minimum absolute atomic E-state index is 0. The number of nitrogens with one attached hydrogen (secondary N) is 3. The quantitative estimate of drug-likeness (QED) is 0.0675. The van der Waals surface area contributed by atoms with Gasteiger partial charge in [0.2, 0.25) is 17.2 Å². The standard InChI is InChI=1S/C25H18Cl3N9O10S3.3Na/c1-11-21(22(38)37(36-11)18-9-16(27)20(10-15(18)26)50(45,46)47)35-34-17-8-13(5-6-19(17)49(42,43)44)30-25-32-23(28)31-24(33-25)29-12-3-2-4-14(7-12)48(39,40)41;;;/h2-10,36H,1H3,(H,39,40,41)(H,42,43,44)(H,45,46,47)(H2,29,30,31,32,33);;;/q;3*+1/p-3. The van der Waals surface area contributed by atoms with Crippen LogP contribution in [0, 0.1) is 6.92 Å². The molecule has 0 amide bonds. The molecule has 5 aromatic rings. The van der Waals surface area contributed by atoms with E-state index in [4.69, 9.17) is 34.8 Å². The van der Waals surface area contributed by atoms with Gasteiger partial charge in [0.05, 0.1) is 36.1 Å². The average molecular weight is 873 g/mol. The van der Waals surface area contributed by atoms with Gasteiger partial charge in [-0.1, -0.05) is 29.3 Å². The molecule has 0 bridgehead atoms. The van der Waals surface area contributed by atoms with Crippen LogP contribution in [0.25, 0.3) is 5.69 Å². The molecule has 2 aromatic heterocycles. The van der Waals surface area contributed by atoms with Gasteiger partial charge >= 0.3 is 88.7 Å². The number of aromatic amines is 1. The maximum Gasteiger partial charge on any atom is 1.00 e. The first-order valence-corrected chi connectivity index (χ1v) is 18.4. The minimum Gasteiger partial charge on any atom is -0.744 e. The first kappa shape index (κ1) is 47.6. The predicted octanol–water partition coefficient (Wildman–Crippen LogP) is -4.75. The molecule has 2 heterocycles. The largest absolute Gasteiger partial charge is 1.00 e. The van der Waals surface area contributed by atoms with Gasteiger partial charge in [-0.2, -0.15) is 15.0 Å². The van der Waals surface area contributed by atoms with Crippen LogP contribution in [0.4, 0.5) is 34.6 Å². The van der Waals surface area contributed by atoms with E-state index in [1.807, 2.05) is 0 Å². The van der Waals surface area contributed by atoms with Gasteiger partial charge in [-0.15, -0.1) is 10.2 Å². The van der Waals surface area contributed by atoms with Crippen molar-refractivity contribution in [1.82, 2.24) is 24.7 Å². The van der Waals surface area contributed by atoms with Crippen molar-refractivity contribution in [2.75, 3.05) is 10.6 Å². The number of rotatable bonds is 10. The molecule has 0 aliphatic carbocycles. The van der Waals surface area contributed by atoms with E-state index in [1.54, 1.807) is 0 Å². The Morgan fingerprint density at radius 1 is 0.717 bits per heavy atom. The summed E-state index contributed by atoms with van der Waals surface area (Å²) >= 11 is 18.1. The first-order valence-electron chi connectivity index (χ1n) is 13.0. The Morgan fingerprint density at radius 3 is 1.87 bits per heavy atom. The van der Waals surface area contributed by atoms with E-state index in [-0.39, 0.29) is 139 Å². The SMILES string of the molecule is Cc1[nH]n(-c2cc(Cl)c(S(=O)(=O)[O-])cc2Cl)c(=O)c1N=Nc1cc(Nc2nc(Cl)nc(Nc3cccc(S(=O)(=O)[O-])c3)n2)ccc1S(=O)(=O)[O-].[Na+].[Na+].[Na+]. The van der Waals surface area contributed by atoms with E-state index in [0.29, 0.717) is 0 Å². The maximum atomic E-state index is 13.2. The van der Waals surface area contributed by atoms with Crippen LogP contribution in [-0.4, -0.2) is 63.6 Å². The van der Waals surface area contributed by atoms with Crippen molar-refractivity contribution in [2.24, 2.45) is 10.2 Å². The van der Waals surface area contributed by atoms with Crippen LogP contribution in [0.3, 0.4) is 0 Å². The maximum absolute atomic E-state index is 13.2. The molecule has 3 aromatic carbocycles. The molecule has 0 atom stereocenters. The number of nitrogens with zero attached hydrogens (tertiary/aromatic N) is 6. The molecule has 0 saturated heterocycles. The fraction of sp³-hybridized carbons (Fsp3) is 0.0400. The fourth-order valence-corrected chi connectivity index (χ4v) is 6.73. The van der Waals surface area contributed by atoms with Gasteiger partial charge < -0.3 is 24.3 Å². The summed E-state index contributed by atoms with van der Waals surface area (Å²) in [6.45, 7) is 1.38. The topological polar surface area (TPSA) is 297 Å². The molecule has 0 saturated carbocycles. The van der Waals surface area contributed by atoms with Gasteiger partial charge in [-0.3, -0.25) is 9.89 Å². The van der Waals surface area contributed by atoms with Crippen LogP contribution < -0.4 is 105 Å². The van der Waals surface area contributed by atoms with Crippen molar-refractivity contribution in [3.63, 3.8) is 0 Å². The summed E-state index contributed by atoms with van der Waals surface area (Å²) in [5, 5.41) is 14.4. The van der Waals surface area contributed by atoms with E-state index < -0.39 is 61.3 Å². The Balaban J connectivity index is 0.00000324. The van der Waals surface area contributed by atoms with Gasteiger partial charge in [0.1, 0.15) is 36.0 Å².